The minimum absolute atomic E-state index is 0.252. The number of amides is 1. The average molecular weight is 253 g/mol. The number of rotatable bonds is 10. The van der Waals surface area contributed by atoms with Crippen LogP contribution in [-0.2, 0) is 9.59 Å². The normalized spacial score (nSPS) is 10.1. The Morgan fingerprint density at radius 3 is 2.22 bits per heavy atom. The maximum atomic E-state index is 10.6. The topological polar surface area (TPSA) is 84.2 Å². The Balaban J connectivity index is 4.26. The molecule has 102 valence electrons. The Labute approximate surface area is 109 Å². The lowest BCUT2D eigenvalue weighted by molar-refractivity contribution is -0.118. The zero-order valence-corrected chi connectivity index (χ0v) is 11.2. The van der Waals surface area contributed by atoms with Crippen molar-refractivity contribution in [3.63, 3.8) is 0 Å². The van der Waals surface area contributed by atoms with Gasteiger partial charge in [0.2, 0.25) is 5.91 Å². The molecule has 0 bridgehead atoms. The van der Waals surface area contributed by atoms with Crippen LogP contribution in [0.1, 0.15) is 32.1 Å². The number of carbonyl (C=O) groups is 2. The summed E-state index contributed by atoms with van der Waals surface area (Å²) in [6.45, 7) is 0. The summed E-state index contributed by atoms with van der Waals surface area (Å²) in [6.07, 6.45) is 8.04. The van der Waals surface area contributed by atoms with Gasteiger partial charge in [-0.15, -0.1) is 0 Å². The van der Waals surface area contributed by atoms with Crippen LogP contribution in [0.5, 0.6) is 0 Å². The molecule has 0 fully saturated rings. The maximum Gasteiger partial charge on any atom is 0.217 e. The highest BCUT2D eigenvalue weighted by Gasteiger charge is 2.02. The van der Waals surface area contributed by atoms with E-state index in [2.05, 4.69) is 10.6 Å². The van der Waals surface area contributed by atoms with Crippen molar-refractivity contribution in [2.24, 2.45) is 5.73 Å². The summed E-state index contributed by atoms with van der Waals surface area (Å²) in [7, 11) is 3.65. The first-order valence-electron chi connectivity index (χ1n) is 6.14. The number of allylic oxidation sites excluding steroid dienone is 3. The van der Waals surface area contributed by atoms with Gasteiger partial charge in [0.05, 0.1) is 0 Å². The molecule has 0 saturated carbocycles. The third-order valence-corrected chi connectivity index (χ3v) is 2.57. The molecule has 0 aliphatic heterocycles. The second-order valence-corrected chi connectivity index (χ2v) is 3.92. The summed E-state index contributed by atoms with van der Waals surface area (Å²) in [4.78, 5) is 20.9. The van der Waals surface area contributed by atoms with E-state index in [1.165, 1.54) is 6.08 Å². The summed E-state index contributed by atoms with van der Waals surface area (Å²) >= 11 is 0. The minimum atomic E-state index is -0.252. The average Bonchev–Trinajstić information content (AvgIpc) is 2.35. The summed E-state index contributed by atoms with van der Waals surface area (Å²) in [5.41, 5.74) is 6.12. The van der Waals surface area contributed by atoms with Gasteiger partial charge in [0.1, 0.15) is 12.1 Å². The molecule has 0 heterocycles. The molecule has 0 rings (SSSR count). The van der Waals surface area contributed by atoms with Crippen LogP contribution in [0, 0.1) is 0 Å². The predicted octanol–water partition coefficient (Wildman–Crippen LogP) is 0.828. The lowest BCUT2D eigenvalue weighted by Crippen LogP contribution is -2.21. The molecule has 0 aromatic rings. The molecular formula is C13H23N3O2. The molecule has 5 heteroatoms. The molecule has 0 aromatic heterocycles. The zero-order valence-electron chi connectivity index (χ0n) is 11.2. The van der Waals surface area contributed by atoms with Gasteiger partial charge in [0.15, 0.2) is 0 Å². The third kappa shape index (κ3) is 7.49. The summed E-state index contributed by atoms with van der Waals surface area (Å²) < 4.78 is 0. The van der Waals surface area contributed by atoms with Gasteiger partial charge in [-0.2, -0.15) is 0 Å². The summed E-state index contributed by atoms with van der Waals surface area (Å²) in [5.74, 6) is 0.653. The van der Waals surface area contributed by atoms with E-state index in [1.807, 2.05) is 14.1 Å². The Morgan fingerprint density at radius 1 is 1.11 bits per heavy atom. The predicted molar refractivity (Wildman–Crippen MR) is 72.6 cm³/mol. The molecule has 0 atom stereocenters. The minimum Gasteiger partial charge on any atom is -0.375 e. The number of primary amides is 1. The van der Waals surface area contributed by atoms with Crippen molar-refractivity contribution in [3.05, 3.63) is 23.5 Å². The number of carbonyl (C=O) groups excluding carboxylic acids is 2. The van der Waals surface area contributed by atoms with E-state index in [9.17, 15) is 9.59 Å². The SMILES string of the molecule is CNC(NC)=C(/C=C\C=O)CCCCCC(N)=O. The van der Waals surface area contributed by atoms with Crippen molar-refractivity contribution >= 4 is 12.2 Å². The van der Waals surface area contributed by atoms with Crippen LogP contribution in [0.2, 0.25) is 0 Å². The van der Waals surface area contributed by atoms with E-state index in [0.29, 0.717) is 6.42 Å². The number of hydrogen-bond acceptors (Lipinski definition) is 4. The lowest BCUT2D eigenvalue weighted by Gasteiger charge is -2.11. The van der Waals surface area contributed by atoms with Crippen molar-refractivity contribution in [2.45, 2.75) is 32.1 Å². The van der Waals surface area contributed by atoms with Crippen LogP contribution < -0.4 is 16.4 Å². The Hall–Kier alpha value is -1.78. The molecule has 0 radical (unpaired) electrons. The van der Waals surface area contributed by atoms with Crippen LogP contribution in [0.15, 0.2) is 23.5 Å². The quantitative estimate of drug-likeness (QED) is 0.233. The van der Waals surface area contributed by atoms with Crippen molar-refractivity contribution in [3.8, 4) is 0 Å². The lowest BCUT2D eigenvalue weighted by atomic mass is 10.1. The molecule has 1 amide bonds. The smallest absolute Gasteiger partial charge is 0.217 e. The van der Waals surface area contributed by atoms with E-state index in [1.54, 1.807) is 6.08 Å². The Kier molecular flexibility index (Phi) is 9.35. The third-order valence-electron chi connectivity index (χ3n) is 2.57. The summed E-state index contributed by atoms with van der Waals surface area (Å²) in [5, 5.41) is 6.09. The van der Waals surface area contributed by atoms with Gasteiger partial charge in [-0.3, -0.25) is 9.59 Å². The monoisotopic (exact) mass is 253 g/mol. The summed E-state index contributed by atoms with van der Waals surface area (Å²) in [6, 6.07) is 0. The highest BCUT2D eigenvalue weighted by molar-refractivity contribution is 5.73. The van der Waals surface area contributed by atoms with Crippen molar-refractivity contribution in [1.29, 1.82) is 0 Å². The van der Waals surface area contributed by atoms with Crippen LogP contribution in [-0.4, -0.2) is 26.3 Å². The molecule has 0 aliphatic carbocycles. The fourth-order valence-corrected chi connectivity index (χ4v) is 1.68. The fraction of sp³-hybridized carbons (Fsp3) is 0.538. The van der Waals surface area contributed by atoms with E-state index in [-0.39, 0.29) is 5.91 Å². The van der Waals surface area contributed by atoms with E-state index < -0.39 is 0 Å². The van der Waals surface area contributed by atoms with E-state index in [0.717, 1.165) is 43.4 Å². The molecule has 0 saturated heterocycles. The molecular weight excluding hydrogens is 230 g/mol. The largest absolute Gasteiger partial charge is 0.375 e. The molecule has 5 nitrogen and oxygen atoms in total. The van der Waals surface area contributed by atoms with Gasteiger partial charge < -0.3 is 16.4 Å². The number of nitrogens with two attached hydrogens (primary N) is 1. The van der Waals surface area contributed by atoms with Crippen LogP contribution in [0.3, 0.4) is 0 Å². The first kappa shape index (κ1) is 16.2. The molecule has 0 aliphatic rings. The molecule has 0 aromatic carbocycles. The van der Waals surface area contributed by atoms with Gasteiger partial charge in [-0.25, -0.2) is 0 Å². The highest BCUT2D eigenvalue weighted by atomic mass is 16.1. The van der Waals surface area contributed by atoms with Gasteiger partial charge >= 0.3 is 0 Å². The first-order chi connectivity index (χ1) is 8.65. The van der Waals surface area contributed by atoms with Crippen molar-refractivity contribution < 1.29 is 9.59 Å². The van der Waals surface area contributed by atoms with Crippen LogP contribution in [0.4, 0.5) is 0 Å². The number of nitrogens with one attached hydrogen (secondary N) is 2. The molecule has 0 unspecified atom stereocenters. The van der Waals surface area contributed by atoms with Crippen LogP contribution in [0.25, 0.3) is 0 Å². The van der Waals surface area contributed by atoms with Gasteiger partial charge in [-0.1, -0.05) is 12.5 Å². The molecule has 0 spiro atoms. The Morgan fingerprint density at radius 2 is 1.72 bits per heavy atom. The second kappa shape index (κ2) is 10.4. The van der Waals surface area contributed by atoms with Gasteiger partial charge in [0.25, 0.3) is 0 Å². The fourth-order valence-electron chi connectivity index (χ4n) is 1.68. The van der Waals surface area contributed by atoms with Crippen molar-refractivity contribution in [1.82, 2.24) is 10.6 Å². The van der Waals surface area contributed by atoms with Gasteiger partial charge in [-0.05, 0) is 30.9 Å². The number of aldehydes is 1. The standard InChI is InChI=1S/C13H23N3O2/c1-15-13(16-2)11(8-6-10-17)7-4-3-5-9-12(14)18/h6,8,10,15-16H,3-5,7,9H2,1-2H3,(H2,14,18)/b8-6-. The number of unbranched alkanes of at least 4 members (excludes halogenated alkanes) is 2. The maximum absolute atomic E-state index is 10.6. The van der Waals surface area contributed by atoms with E-state index >= 15 is 0 Å². The first-order valence-corrected chi connectivity index (χ1v) is 6.14. The molecule has 18 heavy (non-hydrogen) atoms. The van der Waals surface area contributed by atoms with Crippen molar-refractivity contribution in [2.75, 3.05) is 14.1 Å². The van der Waals surface area contributed by atoms with Gasteiger partial charge in [0, 0.05) is 20.5 Å². The molecule has 4 N–H and O–H groups in total. The number of hydrogen-bond donors (Lipinski definition) is 3. The second-order valence-electron chi connectivity index (χ2n) is 3.92. The highest BCUT2D eigenvalue weighted by Crippen LogP contribution is 2.13. The Bertz CT molecular complexity index is 316. The van der Waals surface area contributed by atoms with Crippen LogP contribution >= 0.6 is 0 Å². The van der Waals surface area contributed by atoms with E-state index in [4.69, 9.17) is 5.73 Å². The zero-order chi connectivity index (χ0) is 13.8.